The van der Waals surface area contributed by atoms with Gasteiger partial charge in [0.2, 0.25) is 5.79 Å². The van der Waals surface area contributed by atoms with E-state index in [4.69, 9.17) is 21.9 Å². The number of guanidine groups is 2. The fraction of sp³-hybridized carbons (Fsp3) is 0.700. The Morgan fingerprint density at radius 1 is 1.57 bits per heavy atom. The van der Waals surface area contributed by atoms with E-state index in [1.165, 1.54) is 0 Å². The van der Waals surface area contributed by atoms with E-state index in [9.17, 15) is 15.0 Å². The second-order valence-electron chi connectivity index (χ2n) is 5.33. The first kappa shape index (κ1) is 13.7. The maximum absolute atomic E-state index is 10.8. The Kier molecular flexibility index (Phi) is 2.68. The number of ether oxygens (including phenoxy) is 1. The minimum Gasteiger partial charge on any atom is -0.447 e. The molecule has 0 bridgehead atoms. The van der Waals surface area contributed by atoms with Crippen LogP contribution in [0.1, 0.15) is 6.42 Å². The summed E-state index contributed by atoms with van der Waals surface area (Å²) in [5, 5.41) is 23.6. The van der Waals surface area contributed by atoms with E-state index in [0.29, 0.717) is 6.54 Å². The van der Waals surface area contributed by atoms with Gasteiger partial charge in [-0.3, -0.25) is 10.7 Å². The van der Waals surface area contributed by atoms with Crippen molar-refractivity contribution in [3.8, 4) is 0 Å². The van der Waals surface area contributed by atoms with E-state index in [1.807, 2.05) is 0 Å². The molecule has 0 aromatic rings. The van der Waals surface area contributed by atoms with E-state index in [0.717, 1.165) is 0 Å². The quantitative estimate of drug-likeness (QED) is 0.246. The minimum atomic E-state index is -2.09. The third-order valence-corrected chi connectivity index (χ3v) is 4.16. The molecule has 116 valence electrons. The molecule has 0 aromatic carbocycles. The Labute approximate surface area is 119 Å². The fourth-order valence-electron chi connectivity index (χ4n) is 3.31. The molecule has 0 saturated carbocycles. The van der Waals surface area contributed by atoms with E-state index in [1.54, 1.807) is 4.90 Å². The van der Waals surface area contributed by atoms with Gasteiger partial charge in [-0.2, -0.15) is 0 Å². The maximum Gasteiger partial charge on any atom is 0.404 e. The highest BCUT2D eigenvalue weighted by molar-refractivity contribution is 5.84. The average molecular weight is 300 g/mol. The first-order valence-corrected chi connectivity index (χ1v) is 6.43. The summed E-state index contributed by atoms with van der Waals surface area (Å²) >= 11 is 0. The Balaban J connectivity index is 2.01. The third-order valence-electron chi connectivity index (χ3n) is 4.16. The van der Waals surface area contributed by atoms with Crippen molar-refractivity contribution in [1.29, 1.82) is 0 Å². The number of nitrogens with two attached hydrogens (primary N) is 3. The molecule has 3 aliphatic rings. The van der Waals surface area contributed by atoms with Crippen LogP contribution in [0.25, 0.3) is 0 Å². The highest BCUT2D eigenvalue weighted by Crippen LogP contribution is 2.40. The highest BCUT2D eigenvalue weighted by Gasteiger charge is 2.72. The summed E-state index contributed by atoms with van der Waals surface area (Å²) in [5.41, 5.74) is 15.2. The molecule has 21 heavy (non-hydrogen) atoms. The molecular weight excluding hydrogens is 282 g/mol. The molecule has 3 aliphatic heterocycles. The van der Waals surface area contributed by atoms with Gasteiger partial charge in [0.25, 0.3) is 5.66 Å². The second-order valence-corrected chi connectivity index (χ2v) is 5.33. The Hall–Kier alpha value is -2.27. The lowest BCUT2D eigenvalue weighted by atomic mass is 9.87. The lowest BCUT2D eigenvalue weighted by Crippen LogP contribution is -2.89. The monoisotopic (exact) mass is 300 g/mol. The van der Waals surface area contributed by atoms with Crippen LogP contribution in [0.15, 0.2) is 4.99 Å². The molecule has 11 heteroatoms. The van der Waals surface area contributed by atoms with Gasteiger partial charge in [0.1, 0.15) is 12.6 Å². The molecule has 1 spiro atoms. The third kappa shape index (κ3) is 1.70. The SMILES string of the molecule is NC(=O)OC[C@@H]1N=C(N)N2CCC(O)(O)[C@@]23NC(N)=[NH+][C@@H]13. The Bertz CT molecular complexity index is 548. The number of aliphatic hydroxyl groups is 2. The van der Waals surface area contributed by atoms with Crippen molar-refractivity contribution in [1.82, 2.24) is 10.2 Å². The van der Waals surface area contributed by atoms with Gasteiger partial charge in [-0.15, -0.1) is 0 Å². The van der Waals surface area contributed by atoms with E-state index in [-0.39, 0.29) is 24.9 Å². The van der Waals surface area contributed by atoms with E-state index < -0.39 is 29.6 Å². The molecule has 0 aliphatic carbocycles. The number of rotatable bonds is 2. The largest absolute Gasteiger partial charge is 0.447 e. The highest BCUT2D eigenvalue weighted by atomic mass is 16.5. The van der Waals surface area contributed by atoms with Crippen molar-refractivity contribution in [2.24, 2.45) is 22.2 Å². The molecule has 1 saturated heterocycles. The zero-order valence-electron chi connectivity index (χ0n) is 11.1. The summed E-state index contributed by atoms with van der Waals surface area (Å²) in [6.07, 6.45) is -0.890. The minimum absolute atomic E-state index is 0.0606. The molecule has 1 amide bonds. The number of carbonyl (C=O) groups is 1. The molecule has 3 heterocycles. The van der Waals surface area contributed by atoms with Crippen LogP contribution < -0.4 is 27.5 Å². The molecule has 0 unspecified atom stereocenters. The topological polar surface area (TPSA) is 186 Å². The zero-order chi connectivity index (χ0) is 15.4. The summed E-state index contributed by atoms with van der Waals surface area (Å²) in [4.78, 5) is 19.4. The summed E-state index contributed by atoms with van der Waals surface area (Å²) in [6, 6.07) is -1.32. The fourth-order valence-corrected chi connectivity index (χ4v) is 3.31. The van der Waals surface area contributed by atoms with Gasteiger partial charge >= 0.3 is 12.1 Å². The summed E-state index contributed by atoms with van der Waals surface area (Å²) in [6.45, 7) is 0.137. The van der Waals surface area contributed by atoms with Crippen molar-refractivity contribution in [2.45, 2.75) is 30.0 Å². The number of carbonyl (C=O) groups excluding carboxylic acids is 1. The van der Waals surface area contributed by atoms with Crippen LogP contribution in [0.5, 0.6) is 0 Å². The normalized spacial score (nSPS) is 36.2. The summed E-state index contributed by atoms with van der Waals surface area (Å²) in [5.74, 6) is -1.82. The molecule has 3 atom stereocenters. The molecule has 11 nitrogen and oxygen atoms in total. The smallest absolute Gasteiger partial charge is 0.404 e. The predicted molar refractivity (Wildman–Crippen MR) is 69.2 cm³/mol. The standard InChI is InChI=1S/C10H17N7O4/c11-6-15-5-4(3-21-8(13)18)14-7(12)17-2-1-9(19,20)10(5,17)16-6/h4-5,19-20H,1-3H2,(H2,12,14)(H2,13,18)(H3,11,15,16)/p+1/t4-,5-,10-/m0/s1. The predicted octanol–water partition coefficient (Wildman–Crippen LogP) is -5.77. The number of amides is 1. The van der Waals surface area contributed by atoms with Crippen LogP contribution in [0.4, 0.5) is 4.79 Å². The zero-order valence-corrected chi connectivity index (χ0v) is 11.1. The lowest BCUT2D eigenvalue weighted by Gasteiger charge is -2.45. The summed E-state index contributed by atoms with van der Waals surface area (Å²) < 4.78 is 4.76. The van der Waals surface area contributed by atoms with Crippen molar-refractivity contribution in [3.63, 3.8) is 0 Å². The van der Waals surface area contributed by atoms with E-state index in [2.05, 4.69) is 15.3 Å². The number of primary amides is 1. The van der Waals surface area contributed by atoms with E-state index >= 15 is 0 Å². The average Bonchev–Trinajstić information content (AvgIpc) is 2.85. The van der Waals surface area contributed by atoms with Gasteiger partial charge in [-0.1, -0.05) is 0 Å². The number of nitrogens with zero attached hydrogens (tertiary/aromatic N) is 2. The van der Waals surface area contributed by atoms with Crippen LogP contribution >= 0.6 is 0 Å². The Morgan fingerprint density at radius 3 is 2.95 bits per heavy atom. The first-order valence-electron chi connectivity index (χ1n) is 6.43. The number of hydrogen-bond donors (Lipinski definition) is 7. The van der Waals surface area contributed by atoms with Crippen LogP contribution in [0.2, 0.25) is 0 Å². The van der Waals surface area contributed by atoms with Gasteiger partial charge in [-0.25, -0.2) is 15.1 Å². The maximum atomic E-state index is 10.8. The van der Waals surface area contributed by atoms with Gasteiger partial charge in [-0.05, 0) is 0 Å². The summed E-state index contributed by atoms with van der Waals surface area (Å²) in [7, 11) is 0. The van der Waals surface area contributed by atoms with Crippen LogP contribution in [0, 0.1) is 0 Å². The van der Waals surface area contributed by atoms with Gasteiger partial charge in [0.05, 0.1) is 0 Å². The van der Waals surface area contributed by atoms with Gasteiger partial charge in [0, 0.05) is 13.0 Å². The second kappa shape index (κ2) is 4.11. The molecule has 0 radical (unpaired) electrons. The van der Waals surface area contributed by atoms with Crippen LogP contribution in [0.3, 0.4) is 0 Å². The van der Waals surface area contributed by atoms with Crippen molar-refractivity contribution < 1.29 is 24.7 Å². The van der Waals surface area contributed by atoms with Gasteiger partial charge < -0.3 is 31.3 Å². The Morgan fingerprint density at radius 2 is 2.29 bits per heavy atom. The molecule has 1 fully saturated rings. The van der Waals surface area contributed by atoms with Crippen LogP contribution in [-0.4, -0.2) is 69.8 Å². The molecule has 0 aromatic heterocycles. The molecular formula is C10H18N7O4+. The number of nitrogens with one attached hydrogen (secondary N) is 2. The number of aliphatic imine (C=N–C) groups is 1. The van der Waals surface area contributed by atoms with Crippen molar-refractivity contribution in [3.05, 3.63) is 0 Å². The van der Waals surface area contributed by atoms with Crippen LogP contribution in [-0.2, 0) is 4.74 Å². The number of hydrogen-bond acceptors (Lipinski definition) is 9. The lowest BCUT2D eigenvalue weighted by molar-refractivity contribution is -0.522. The van der Waals surface area contributed by atoms with Crippen molar-refractivity contribution in [2.75, 3.05) is 13.2 Å². The molecule has 10 N–H and O–H groups in total. The van der Waals surface area contributed by atoms with Crippen molar-refractivity contribution >= 4 is 18.0 Å². The van der Waals surface area contributed by atoms with Gasteiger partial charge in [0.15, 0.2) is 12.0 Å². The first-order chi connectivity index (χ1) is 9.78. The molecule has 3 rings (SSSR count).